The Kier molecular flexibility index (Phi) is 8.10. The second-order valence-electron chi connectivity index (χ2n) is 14.0. The van der Waals surface area contributed by atoms with Crippen molar-refractivity contribution in [1.82, 2.24) is 0 Å². The van der Waals surface area contributed by atoms with Crippen LogP contribution >= 0.6 is 0 Å². The zero-order valence-corrected chi connectivity index (χ0v) is 24.2. The average Bonchev–Trinajstić information content (AvgIpc) is 3.27. The number of ether oxygens (including phenoxy) is 1. The van der Waals surface area contributed by atoms with Gasteiger partial charge in [0.1, 0.15) is 11.6 Å². The van der Waals surface area contributed by atoms with E-state index in [1.807, 2.05) is 0 Å². The number of aliphatic hydroxyl groups is 3. The number of hydrogen-bond acceptors (Lipinski definition) is 5. The molecular weight excluding hydrogens is 493 g/mol. The average molecular weight is 542 g/mol. The fourth-order valence-corrected chi connectivity index (χ4v) is 10.4. The number of halogens is 1. The first-order valence-corrected chi connectivity index (χ1v) is 15.3. The molecule has 5 nitrogen and oxygen atoms in total. The lowest BCUT2D eigenvalue weighted by molar-refractivity contribution is -0.185. The highest BCUT2D eigenvalue weighted by molar-refractivity contribution is 5.36. The molecule has 1 aromatic carbocycles. The Morgan fingerprint density at radius 1 is 1.05 bits per heavy atom. The van der Waals surface area contributed by atoms with E-state index in [0.717, 1.165) is 38.5 Å². The third-order valence-electron chi connectivity index (χ3n) is 12.4. The second kappa shape index (κ2) is 11.0. The van der Waals surface area contributed by atoms with Gasteiger partial charge in [-0.3, -0.25) is 0 Å². The number of methoxy groups -OCH3 is 1. The number of benzene rings is 1. The van der Waals surface area contributed by atoms with Gasteiger partial charge in [0.25, 0.3) is 0 Å². The van der Waals surface area contributed by atoms with Gasteiger partial charge in [0.15, 0.2) is 0 Å². The Balaban J connectivity index is 1.27. The molecule has 0 aromatic heterocycles. The van der Waals surface area contributed by atoms with Gasteiger partial charge in [-0.15, -0.1) is 0 Å². The summed E-state index contributed by atoms with van der Waals surface area (Å²) in [4.78, 5) is 0. The fraction of sp³-hybridized carbons (Fsp3) is 0.788. The second-order valence-corrected chi connectivity index (χ2v) is 14.0. The summed E-state index contributed by atoms with van der Waals surface area (Å²) in [5.74, 6) is 2.30. The molecule has 3 N–H and O–H groups in total. The van der Waals surface area contributed by atoms with E-state index in [1.54, 1.807) is 12.1 Å². The molecule has 12 atom stereocenters. The maximum atomic E-state index is 14.4. The first-order valence-electron chi connectivity index (χ1n) is 15.3. The Morgan fingerprint density at radius 2 is 1.77 bits per heavy atom. The van der Waals surface area contributed by atoms with Crippen molar-refractivity contribution in [2.75, 3.05) is 7.11 Å². The van der Waals surface area contributed by atoms with E-state index in [2.05, 4.69) is 26.8 Å². The Labute approximate surface area is 233 Å². The van der Waals surface area contributed by atoms with E-state index in [0.29, 0.717) is 54.6 Å². The van der Waals surface area contributed by atoms with Gasteiger partial charge >= 0.3 is 0 Å². The molecular formula is C33H48FNO4. The van der Waals surface area contributed by atoms with Crippen LogP contribution in [-0.2, 0) is 0 Å². The van der Waals surface area contributed by atoms with Gasteiger partial charge < -0.3 is 20.1 Å². The number of fused-ring (bicyclic) bond motifs is 5. The molecule has 1 aromatic rings. The molecule has 39 heavy (non-hydrogen) atoms. The maximum Gasteiger partial charge on any atom is 0.132 e. The van der Waals surface area contributed by atoms with Crippen LogP contribution in [0, 0.1) is 69.4 Å². The molecule has 216 valence electrons. The topological polar surface area (TPSA) is 93.7 Å². The molecule has 0 amide bonds. The van der Waals surface area contributed by atoms with Crippen LogP contribution in [0.15, 0.2) is 18.2 Å². The maximum absolute atomic E-state index is 14.4. The van der Waals surface area contributed by atoms with Crippen LogP contribution < -0.4 is 4.74 Å². The quantitative estimate of drug-likeness (QED) is 0.371. The Bertz CT molecular complexity index is 1070. The van der Waals surface area contributed by atoms with Crippen LogP contribution in [0.3, 0.4) is 0 Å². The highest BCUT2D eigenvalue weighted by atomic mass is 19.1. The first kappa shape index (κ1) is 28.8. The minimum Gasteiger partial charge on any atom is -0.496 e. The van der Waals surface area contributed by atoms with Crippen molar-refractivity contribution in [3.63, 3.8) is 0 Å². The van der Waals surface area contributed by atoms with Crippen molar-refractivity contribution >= 4 is 0 Å². The van der Waals surface area contributed by atoms with E-state index >= 15 is 0 Å². The zero-order chi connectivity index (χ0) is 28.1. The van der Waals surface area contributed by atoms with Crippen molar-refractivity contribution in [3.8, 4) is 11.8 Å². The number of nitrogens with zero attached hydrogens (tertiary/aromatic N) is 1. The van der Waals surface area contributed by atoms with E-state index < -0.39 is 24.1 Å². The minimum absolute atomic E-state index is 0.00660. The summed E-state index contributed by atoms with van der Waals surface area (Å²) in [7, 11) is 1.50. The van der Waals surface area contributed by atoms with Crippen LogP contribution in [0.2, 0.25) is 0 Å². The molecule has 0 aliphatic heterocycles. The monoisotopic (exact) mass is 541 g/mol. The molecule has 6 heteroatoms. The highest BCUT2D eigenvalue weighted by Gasteiger charge is 2.64. The van der Waals surface area contributed by atoms with Gasteiger partial charge in [-0.25, -0.2) is 4.39 Å². The van der Waals surface area contributed by atoms with E-state index in [9.17, 15) is 25.0 Å². The van der Waals surface area contributed by atoms with Crippen LogP contribution in [0.4, 0.5) is 4.39 Å². The summed E-state index contributed by atoms with van der Waals surface area (Å²) in [6, 6.07) is 7.34. The fourth-order valence-electron chi connectivity index (χ4n) is 10.4. The third kappa shape index (κ3) is 4.71. The van der Waals surface area contributed by atoms with Crippen molar-refractivity contribution in [2.45, 2.75) is 103 Å². The summed E-state index contributed by atoms with van der Waals surface area (Å²) in [5.41, 5.74) is 0.441. The molecule has 0 radical (unpaired) electrons. The summed E-state index contributed by atoms with van der Waals surface area (Å²) in [6.45, 7) is 7.16. The van der Waals surface area contributed by atoms with Crippen molar-refractivity contribution in [2.24, 2.45) is 52.3 Å². The first-order chi connectivity index (χ1) is 18.6. The predicted molar refractivity (Wildman–Crippen MR) is 148 cm³/mol. The van der Waals surface area contributed by atoms with E-state index in [-0.39, 0.29) is 28.2 Å². The summed E-state index contributed by atoms with van der Waals surface area (Å²) in [5, 5.41) is 42.4. The minimum atomic E-state index is -0.882. The van der Waals surface area contributed by atoms with E-state index in [1.165, 1.54) is 19.6 Å². The number of rotatable bonds is 7. The smallest absolute Gasteiger partial charge is 0.132 e. The van der Waals surface area contributed by atoms with Gasteiger partial charge in [0.2, 0.25) is 0 Å². The van der Waals surface area contributed by atoms with Gasteiger partial charge in [-0.2, -0.15) is 5.26 Å². The van der Waals surface area contributed by atoms with Gasteiger partial charge in [0, 0.05) is 0 Å². The molecule has 2 unspecified atom stereocenters. The molecule has 4 fully saturated rings. The molecule has 0 spiro atoms. The molecule has 4 aliphatic carbocycles. The molecule has 0 heterocycles. The van der Waals surface area contributed by atoms with Crippen molar-refractivity contribution in [1.29, 1.82) is 5.26 Å². The molecule has 0 saturated heterocycles. The lowest BCUT2D eigenvalue weighted by atomic mass is 9.42. The predicted octanol–water partition coefficient (Wildman–Crippen LogP) is 6.41. The largest absolute Gasteiger partial charge is 0.496 e. The van der Waals surface area contributed by atoms with Crippen LogP contribution in [0.5, 0.6) is 5.75 Å². The molecule has 0 bridgehead atoms. The standard InChI is InChI=1S/C33H48FNO4/c1-19(7-5-9-26(36)30-25(34)8-6-10-28(30)39-4)21-11-12-22-29-20(18-35)17-24-31(38)27(37)14-16-33(24,3)23(29)13-15-32(21,22)2/h6,8,10,19-24,26-27,29,31,36-38H,5,7,9,11-17H2,1-4H3/t19-,20?,21-,22+,23+,24+,26?,27+,29+,31-,32-,33-/m1/s1. The summed E-state index contributed by atoms with van der Waals surface area (Å²) in [6.07, 6.45) is 6.93. The van der Waals surface area contributed by atoms with Gasteiger partial charge in [0.05, 0.1) is 43.0 Å². The number of nitriles is 1. The molecule has 5 rings (SSSR count). The van der Waals surface area contributed by atoms with Gasteiger partial charge in [-0.05, 0) is 110 Å². The van der Waals surface area contributed by atoms with Crippen molar-refractivity contribution < 1.29 is 24.4 Å². The zero-order valence-electron chi connectivity index (χ0n) is 24.2. The summed E-state index contributed by atoms with van der Waals surface area (Å²) >= 11 is 0. The highest BCUT2D eigenvalue weighted by Crippen LogP contribution is 2.69. The third-order valence-corrected chi connectivity index (χ3v) is 12.4. The van der Waals surface area contributed by atoms with Crippen LogP contribution in [0.1, 0.15) is 96.6 Å². The molecule has 4 saturated carbocycles. The Hall–Kier alpha value is -1.68. The normalized spacial score (nSPS) is 42.9. The lowest BCUT2D eigenvalue weighted by Crippen LogP contribution is -2.60. The molecule has 4 aliphatic rings. The lowest BCUT2D eigenvalue weighted by Gasteiger charge is -2.63. The Morgan fingerprint density at radius 3 is 2.49 bits per heavy atom. The van der Waals surface area contributed by atoms with Crippen molar-refractivity contribution in [3.05, 3.63) is 29.6 Å². The number of hydrogen-bond donors (Lipinski definition) is 3. The van der Waals surface area contributed by atoms with Gasteiger partial charge in [-0.1, -0.05) is 39.7 Å². The summed E-state index contributed by atoms with van der Waals surface area (Å²) < 4.78 is 19.7. The number of aliphatic hydroxyl groups excluding tert-OH is 3. The SMILES string of the molecule is COc1cccc(F)c1C(O)CCC[C@@H](C)[C@H]1CC[C@H]2[C@@H]3C(C#N)C[C@H]4[C@@H](O)[C@@H](O)CC[C@]4(C)[C@H]3CC[C@]12C. The van der Waals surface area contributed by atoms with Crippen LogP contribution in [-0.4, -0.2) is 34.6 Å². The van der Waals surface area contributed by atoms with E-state index in [4.69, 9.17) is 4.74 Å². The van der Waals surface area contributed by atoms with Crippen LogP contribution in [0.25, 0.3) is 0 Å².